The second-order valence-electron chi connectivity index (χ2n) is 7.35. The van der Waals surface area contributed by atoms with Gasteiger partial charge in [0.25, 0.3) is 0 Å². The number of hydrogen-bond donors (Lipinski definition) is 0. The summed E-state index contributed by atoms with van der Waals surface area (Å²) in [6.45, 7) is 2.92. The predicted molar refractivity (Wildman–Crippen MR) is 113 cm³/mol. The van der Waals surface area contributed by atoms with Crippen LogP contribution in [0.4, 0.5) is 0 Å². The first-order valence-corrected chi connectivity index (χ1v) is 10.9. The molecule has 144 valence electrons. The van der Waals surface area contributed by atoms with Crippen LogP contribution in [0.2, 0.25) is 0 Å². The first kappa shape index (κ1) is 18.9. The third kappa shape index (κ3) is 4.53. The van der Waals surface area contributed by atoms with E-state index < -0.39 is 0 Å². The van der Waals surface area contributed by atoms with Gasteiger partial charge in [-0.05, 0) is 30.4 Å². The van der Waals surface area contributed by atoms with Gasteiger partial charge in [-0.3, -0.25) is 4.79 Å². The molecule has 0 atom stereocenters. The van der Waals surface area contributed by atoms with Crippen LogP contribution in [0.5, 0.6) is 0 Å². The Hall–Kier alpha value is -2.40. The van der Waals surface area contributed by atoms with Crippen LogP contribution in [0.15, 0.2) is 59.8 Å². The number of hydrogen-bond acceptors (Lipinski definition) is 4. The van der Waals surface area contributed by atoms with Gasteiger partial charge in [-0.15, -0.1) is 10.2 Å². The van der Waals surface area contributed by atoms with Crippen LogP contribution < -0.4 is 0 Å². The normalized spacial score (nSPS) is 13.6. The van der Waals surface area contributed by atoms with E-state index in [2.05, 4.69) is 58.1 Å². The summed E-state index contributed by atoms with van der Waals surface area (Å²) in [6.07, 6.45) is 4.53. The summed E-state index contributed by atoms with van der Waals surface area (Å²) in [5.41, 5.74) is 3.27. The molecule has 3 aromatic rings. The zero-order chi connectivity index (χ0) is 19.3. The lowest BCUT2D eigenvalue weighted by molar-refractivity contribution is 0.102. The molecule has 0 N–H and O–H groups in total. The fourth-order valence-electron chi connectivity index (χ4n) is 3.32. The number of carbonyl (C=O) groups excluding carboxylic acids is 1. The first-order valence-electron chi connectivity index (χ1n) is 9.96. The highest BCUT2D eigenvalue weighted by molar-refractivity contribution is 7.99. The molecule has 1 fully saturated rings. The average molecular weight is 392 g/mol. The molecule has 4 rings (SSSR count). The minimum Gasteiger partial charge on any atom is -0.301 e. The van der Waals surface area contributed by atoms with Crippen molar-refractivity contribution < 1.29 is 4.79 Å². The highest BCUT2D eigenvalue weighted by atomic mass is 32.2. The van der Waals surface area contributed by atoms with Gasteiger partial charge >= 0.3 is 0 Å². The Morgan fingerprint density at radius 3 is 2.46 bits per heavy atom. The Morgan fingerprint density at radius 2 is 1.79 bits per heavy atom. The van der Waals surface area contributed by atoms with E-state index in [1.807, 2.05) is 18.2 Å². The van der Waals surface area contributed by atoms with Crippen LogP contribution in [0.1, 0.15) is 59.4 Å². The molecule has 0 spiro atoms. The van der Waals surface area contributed by atoms with E-state index in [1.54, 1.807) is 0 Å². The van der Waals surface area contributed by atoms with Crippen LogP contribution >= 0.6 is 11.8 Å². The van der Waals surface area contributed by atoms with Gasteiger partial charge in [0.15, 0.2) is 10.9 Å². The third-order valence-corrected chi connectivity index (χ3v) is 5.99. The lowest BCUT2D eigenvalue weighted by Crippen LogP contribution is -2.08. The quantitative estimate of drug-likeness (QED) is 0.375. The van der Waals surface area contributed by atoms with Crippen molar-refractivity contribution in [1.82, 2.24) is 14.8 Å². The number of carbonyl (C=O) groups is 1. The number of aryl methyl sites for hydroxylation is 1. The largest absolute Gasteiger partial charge is 0.301 e. The summed E-state index contributed by atoms with van der Waals surface area (Å²) < 4.78 is 2.19. The standard InChI is InChI=1S/C23H25N3OS/c1-2-6-17-9-11-19(12-10-17)21(27)16-28-23-25-24-22(20-13-14-20)26(23)15-18-7-4-3-5-8-18/h3-5,7-12,20H,2,6,13-16H2,1H3. The Kier molecular flexibility index (Phi) is 5.91. The maximum atomic E-state index is 12.6. The number of rotatable bonds is 9. The fraction of sp³-hybridized carbons (Fsp3) is 0.348. The van der Waals surface area contributed by atoms with Crippen LogP contribution in [0.25, 0.3) is 0 Å². The van der Waals surface area contributed by atoms with Crippen molar-refractivity contribution in [3.05, 3.63) is 77.1 Å². The van der Waals surface area contributed by atoms with Crippen LogP contribution in [-0.2, 0) is 13.0 Å². The monoisotopic (exact) mass is 391 g/mol. The van der Waals surface area contributed by atoms with Gasteiger partial charge < -0.3 is 4.57 Å². The first-order chi connectivity index (χ1) is 13.7. The summed E-state index contributed by atoms with van der Waals surface area (Å²) in [7, 11) is 0. The molecule has 2 aromatic carbocycles. The number of aromatic nitrogens is 3. The predicted octanol–water partition coefficient (Wildman–Crippen LogP) is 5.13. The van der Waals surface area contributed by atoms with Crippen molar-refractivity contribution in [3.8, 4) is 0 Å². The number of nitrogens with zero attached hydrogens (tertiary/aromatic N) is 3. The topological polar surface area (TPSA) is 47.8 Å². The molecule has 0 saturated heterocycles. The molecule has 28 heavy (non-hydrogen) atoms. The van der Waals surface area contributed by atoms with Crippen LogP contribution in [-0.4, -0.2) is 26.3 Å². The van der Waals surface area contributed by atoms with Gasteiger partial charge in [0.1, 0.15) is 5.82 Å². The highest BCUT2D eigenvalue weighted by Crippen LogP contribution is 2.40. The van der Waals surface area contributed by atoms with Gasteiger partial charge in [-0.2, -0.15) is 0 Å². The summed E-state index contributed by atoms with van der Waals surface area (Å²) in [5, 5.41) is 9.67. The van der Waals surface area contributed by atoms with Crippen molar-refractivity contribution in [2.24, 2.45) is 0 Å². The van der Waals surface area contributed by atoms with Crippen molar-refractivity contribution >= 4 is 17.5 Å². The van der Waals surface area contributed by atoms with E-state index in [-0.39, 0.29) is 5.78 Å². The molecule has 0 radical (unpaired) electrons. The maximum Gasteiger partial charge on any atom is 0.191 e. The minimum absolute atomic E-state index is 0.135. The lowest BCUT2D eigenvalue weighted by atomic mass is 10.1. The Balaban J connectivity index is 1.46. The second kappa shape index (κ2) is 8.74. The summed E-state index contributed by atoms with van der Waals surface area (Å²) >= 11 is 1.49. The highest BCUT2D eigenvalue weighted by Gasteiger charge is 2.30. The van der Waals surface area contributed by atoms with Crippen molar-refractivity contribution in [3.63, 3.8) is 0 Å². The van der Waals surface area contributed by atoms with Gasteiger partial charge in [0, 0.05) is 11.5 Å². The zero-order valence-corrected chi connectivity index (χ0v) is 17.0. The van der Waals surface area contributed by atoms with Gasteiger partial charge in [0.05, 0.1) is 12.3 Å². The minimum atomic E-state index is 0.135. The van der Waals surface area contributed by atoms with Crippen molar-refractivity contribution in [2.45, 2.75) is 50.2 Å². The van der Waals surface area contributed by atoms with Gasteiger partial charge in [-0.1, -0.05) is 79.7 Å². The fourth-order valence-corrected chi connectivity index (χ4v) is 4.16. The average Bonchev–Trinajstić information content (AvgIpc) is 3.50. The van der Waals surface area contributed by atoms with Crippen molar-refractivity contribution in [1.29, 1.82) is 0 Å². The zero-order valence-electron chi connectivity index (χ0n) is 16.2. The molecule has 1 aliphatic carbocycles. The Labute approximate surface area is 170 Å². The van der Waals surface area contributed by atoms with Crippen LogP contribution in [0, 0.1) is 0 Å². The number of benzene rings is 2. The van der Waals surface area contributed by atoms with E-state index in [0.29, 0.717) is 11.7 Å². The van der Waals surface area contributed by atoms with E-state index in [4.69, 9.17) is 0 Å². The Morgan fingerprint density at radius 1 is 1.04 bits per heavy atom. The van der Waals surface area contributed by atoms with E-state index >= 15 is 0 Å². The molecule has 1 aromatic heterocycles. The lowest BCUT2D eigenvalue weighted by Gasteiger charge is -2.10. The number of thioether (sulfide) groups is 1. The molecule has 1 saturated carbocycles. The second-order valence-corrected chi connectivity index (χ2v) is 8.29. The number of Topliss-reactive ketones (excluding diaryl/α,β-unsaturated/α-hetero) is 1. The SMILES string of the molecule is CCCc1ccc(C(=O)CSc2nnc(C3CC3)n2Cc2ccccc2)cc1. The number of ketones is 1. The van der Waals surface area contributed by atoms with Gasteiger partial charge in [-0.25, -0.2) is 0 Å². The summed E-state index contributed by atoms with van der Waals surface area (Å²) in [5.74, 6) is 2.09. The molecule has 0 unspecified atom stereocenters. The summed E-state index contributed by atoms with van der Waals surface area (Å²) in [6, 6.07) is 18.4. The molecule has 5 heteroatoms. The Bertz CT molecular complexity index is 930. The van der Waals surface area contributed by atoms with E-state index in [1.165, 1.54) is 35.7 Å². The molecule has 1 heterocycles. The van der Waals surface area contributed by atoms with E-state index in [0.717, 1.165) is 35.9 Å². The molecule has 1 aliphatic rings. The molecular formula is C23H25N3OS. The summed E-state index contributed by atoms with van der Waals surface area (Å²) in [4.78, 5) is 12.6. The third-order valence-electron chi connectivity index (χ3n) is 5.02. The maximum absolute atomic E-state index is 12.6. The molecule has 0 amide bonds. The molecular weight excluding hydrogens is 366 g/mol. The smallest absolute Gasteiger partial charge is 0.191 e. The van der Waals surface area contributed by atoms with Crippen LogP contribution in [0.3, 0.4) is 0 Å². The molecule has 0 bridgehead atoms. The van der Waals surface area contributed by atoms with E-state index in [9.17, 15) is 4.79 Å². The molecule has 0 aliphatic heterocycles. The van der Waals surface area contributed by atoms with Gasteiger partial charge in [0.2, 0.25) is 0 Å². The van der Waals surface area contributed by atoms with Crippen molar-refractivity contribution in [2.75, 3.05) is 5.75 Å². The molecule has 4 nitrogen and oxygen atoms in total.